The summed E-state index contributed by atoms with van der Waals surface area (Å²) in [6.07, 6.45) is 37.8. The quantitative estimate of drug-likeness (QED) is 0.0275. The zero-order valence-electron chi connectivity index (χ0n) is 33.5. The minimum atomic E-state index is -1.13. The molecule has 0 aliphatic heterocycles. The van der Waals surface area contributed by atoms with Crippen LogP contribution in [0.5, 0.6) is 0 Å². The summed E-state index contributed by atoms with van der Waals surface area (Å²) in [5, 5.41) is 11.6. The van der Waals surface area contributed by atoms with Crippen LogP contribution in [0.15, 0.2) is 36.5 Å². The fourth-order valence-electron chi connectivity index (χ4n) is 5.90. The summed E-state index contributed by atoms with van der Waals surface area (Å²) in [6, 6.07) is -0.734. The van der Waals surface area contributed by atoms with Gasteiger partial charge >= 0.3 is 11.9 Å². The Hall–Kier alpha value is -2.45. The third-order valence-electron chi connectivity index (χ3n) is 9.07. The van der Waals surface area contributed by atoms with E-state index in [0.717, 1.165) is 38.5 Å². The molecule has 0 fully saturated rings. The van der Waals surface area contributed by atoms with E-state index in [1.807, 2.05) is 6.08 Å². The molecule has 0 aromatic heterocycles. The molecule has 0 heterocycles. The monoisotopic (exact) mass is 720 g/mol. The second kappa shape index (κ2) is 34.6. The first-order chi connectivity index (χ1) is 24.6. The van der Waals surface area contributed by atoms with E-state index < -0.39 is 24.1 Å². The Morgan fingerprint density at radius 2 is 1.08 bits per heavy atom. The molecule has 0 radical (unpaired) electrons. The topological polar surface area (TPSA) is 102 Å². The highest BCUT2D eigenvalue weighted by molar-refractivity contribution is 5.71. The molecule has 51 heavy (non-hydrogen) atoms. The summed E-state index contributed by atoms with van der Waals surface area (Å²) in [7, 11) is 5.38. The first-order valence-corrected chi connectivity index (χ1v) is 20.5. The normalized spacial score (nSPS) is 13.4. The van der Waals surface area contributed by atoms with E-state index in [4.69, 9.17) is 14.2 Å². The number of nitrogens with zero attached hydrogens (tertiary/aromatic N) is 1. The Kier molecular flexibility index (Phi) is 33.0. The van der Waals surface area contributed by atoms with Gasteiger partial charge in [-0.3, -0.25) is 9.59 Å². The van der Waals surface area contributed by atoms with E-state index in [-0.39, 0.29) is 43.1 Å². The van der Waals surface area contributed by atoms with Crippen molar-refractivity contribution in [1.29, 1.82) is 0 Å². The zero-order valence-corrected chi connectivity index (χ0v) is 33.5. The number of carbonyl (C=O) groups is 3. The molecule has 2 unspecified atom stereocenters. The number of unbranched alkanes of at least 4 members (excludes halogenated alkanes) is 17. The number of esters is 2. The number of carbonyl (C=O) groups excluding carboxylic acids is 3. The highest BCUT2D eigenvalue weighted by Crippen LogP contribution is 2.15. The van der Waals surface area contributed by atoms with Gasteiger partial charge in [-0.15, -0.1) is 0 Å². The van der Waals surface area contributed by atoms with Gasteiger partial charge in [-0.05, 0) is 25.7 Å². The molecule has 0 saturated heterocycles. The predicted molar refractivity (Wildman–Crippen MR) is 208 cm³/mol. The standard InChI is InChI=1S/C43H77NO7/c1-6-8-10-12-14-16-17-18-19-20-21-22-23-24-26-28-30-32-34-42(46)51-39(37-49-36-35-40(43(47)48)44(3,4)5)38-50-41(45)33-31-29-27-25-15-13-11-9-7-2/h9,11,15,25,29,31,39-40H,6-8,10,12-14,16-24,26-28,30,32-38H2,1-5H3/b11-9+,25-15+,31-29+. The van der Waals surface area contributed by atoms with Crippen LogP contribution in [0.1, 0.15) is 168 Å². The van der Waals surface area contributed by atoms with Crippen LogP contribution in [0.4, 0.5) is 0 Å². The summed E-state index contributed by atoms with van der Waals surface area (Å²) < 4.78 is 17.0. The second-order valence-corrected chi connectivity index (χ2v) is 14.9. The Bertz CT molecular complexity index is 937. The summed E-state index contributed by atoms with van der Waals surface area (Å²) in [4.78, 5) is 36.6. The fraction of sp³-hybridized carbons (Fsp3) is 0.791. The van der Waals surface area contributed by atoms with Crippen LogP contribution < -0.4 is 5.11 Å². The van der Waals surface area contributed by atoms with Gasteiger partial charge < -0.3 is 28.6 Å². The van der Waals surface area contributed by atoms with E-state index in [1.54, 1.807) is 27.2 Å². The van der Waals surface area contributed by atoms with E-state index in [9.17, 15) is 19.5 Å². The maximum atomic E-state index is 12.7. The third kappa shape index (κ3) is 33.2. The first kappa shape index (κ1) is 48.5. The lowest BCUT2D eigenvalue weighted by Gasteiger charge is -2.34. The highest BCUT2D eigenvalue weighted by atomic mass is 16.6. The van der Waals surface area contributed by atoms with Crippen molar-refractivity contribution in [1.82, 2.24) is 0 Å². The van der Waals surface area contributed by atoms with Crippen molar-refractivity contribution in [3.63, 3.8) is 0 Å². The molecule has 0 aliphatic rings. The van der Waals surface area contributed by atoms with Gasteiger partial charge in [0.2, 0.25) is 0 Å². The van der Waals surface area contributed by atoms with Gasteiger partial charge in [-0.1, -0.05) is 159 Å². The lowest BCUT2D eigenvalue weighted by Crippen LogP contribution is -2.55. The number of carboxylic acid groups (broad SMARTS) is 1. The van der Waals surface area contributed by atoms with Crippen molar-refractivity contribution in [3.05, 3.63) is 36.5 Å². The molecule has 0 N–H and O–H groups in total. The molecular weight excluding hydrogens is 642 g/mol. The Balaban J connectivity index is 4.34. The van der Waals surface area contributed by atoms with E-state index >= 15 is 0 Å². The van der Waals surface area contributed by atoms with Crippen molar-refractivity contribution in [3.8, 4) is 0 Å². The predicted octanol–water partition coefficient (Wildman–Crippen LogP) is 9.35. The smallest absolute Gasteiger partial charge is 0.309 e. The fourth-order valence-corrected chi connectivity index (χ4v) is 5.90. The maximum absolute atomic E-state index is 12.7. The van der Waals surface area contributed by atoms with Crippen LogP contribution >= 0.6 is 0 Å². The van der Waals surface area contributed by atoms with Crippen LogP contribution in [0.2, 0.25) is 0 Å². The minimum Gasteiger partial charge on any atom is -0.544 e. The molecule has 0 aromatic carbocycles. The largest absolute Gasteiger partial charge is 0.544 e. The lowest BCUT2D eigenvalue weighted by molar-refractivity contribution is -0.889. The second-order valence-electron chi connectivity index (χ2n) is 14.9. The molecule has 0 saturated carbocycles. The van der Waals surface area contributed by atoms with Gasteiger partial charge in [0.15, 0.2) is 6.10 Å². The number of hydrogen-bond acceptors (Lipinski definition) is 7. The van der Waals surface area contributed by atoms with Crippen molar-refractivity contribution < 1.29 is 38.2 Å². The number of carboxylic acids is 1. The van der Waals surface area contributed by atoms with E-state index in [1.165, 1.54) is 96.3 Å². The number of allylic oxidation sites excluding steroid dienone is 5. The summed E-state index contributed by atoms with van der Waals surface area (Å²) in [5.74, 6) is -1.88. The maximum Gasteiger partial charge on any atom is 0.309 e. The van der Waals surface area contributed by atoms with E-state index in [0.29, 0.717) is 6.42 Å². The molecule has 296 valence electrons. The van der Waals surface area contributed by atoms with Crippen LogP contribution in [-0.4, -0.2) is 75.5 Å². The van der Waals surface area contributed by atoms with Crippen molar-refractivity contribution in [2.45, 2.75) is 180 Å². The molecule has 8 nitrogen and oxygen atoms in total. The Morgan fingerprint density at radius 3 is 1.55 bits per heavy atom. The van der Waals surface area contributed by atoms with Gasteiger partial charge in [0, 0.05) is 12.8 Å². The van der Waals surface area contributed by atoms with Gasteiger partial charge in [0.25, 0.3) is 0 Å². The van der Waals surface area contributed by atoms with Crippen molar-refractivity contribution in [2.24, 2.45) is 0 Å². The number of rotatable bonds is 36. The van der Waals surface area contributed by atoms with Crippen LogP contribution in [0.3, 0.4) is 0 Å². The summed E-state index contributed by atoms with van der Waals surface area (Å²) >= 11 is 0. The third-order valence-corrected chi connectivity index (χ3v) is 9.07. The highest BCUT2D eigenvalue weighted by Gasteiger charge is 2.25. The molecular formula is C43H77NO7. The van der Waals surface area contributed by atoms with Gasteiger partial charge in [0.1, 0.15) is 12.6 Å². The molecule has 0 rings (SSSR count). The van der Waals surface area contributed by atoms with Crippen LogP contribution in [0, 0.1) is 0 Å². The minimum absolute atomic E-state index is 0.0160. The van der Waals surface area contributed by atoms with Crippen molar-refractivity contribution in [2.75, 3.05) is 41.0 Å². The number of quaternary nitrogens is 1. The molecule has 0 spiro atoms. The number of likely N-dealkylation sites (N-methyl/N-ethyl adjacent to an activating group) is 1. The lowest BCUT2D eigenvalue weighted by atomic mass is 10.0. The van der Waals surface area contributed by atoms with Gasteiger partial charge in [-0.25, -0.2) is 0 Å². The van der Waals surface area contributed by atoms with Crippen molar-refractivity contribution >= 4 is 17.9 Å². The van der Waals surface area contributed by atoms with Gasteiger partial charge in [-0.2, -0.15) is 0 Å². The first-order valence-electron chi connectivity index (χ1n) is 20.5. The summed E-state index contributed by atoms with van der Waals surface area (Å²) in [5.41, 5.74) is 0. The summed E-state index contributed by atoms with van der Waals surface area (Å²) in [6.45, 7) is 4.43. The van der Waals surface area contributed by atoms with Crippen LogP contribution in [0.25, 0.3) is 0 Å². The Labute approximate surface area is 313 Å². The molecule has 0 amide bonds. The zero-order chi connectivity index (χ0) is 37.8. The number of hydrogen-bond donors (Lipinski definition) is 0. The number of ether oxygens (including phenoxy) is 3. The van der Waals surface area contributed by atoms with E-state index in [2.05, 4.69) is 38.2 Å². The average molecular weight is 720 g/mol. The molecule has 0 aromatic rings. The molecule has 0 bridgehead atoms. The van der Waals surface area contributed by atoms with Gasteiger partial charge in [0.05, 0.1) is 46.7 Å². The number of aliphatic carboxylic acids is 1. The Morgan fingerprint density at radius 1 is 0.608 bits per heavy atom. The van der Waals surface area contributed by atoms with Crippen LogP contribution in [-0.2, 0) is 28.6 Å². The molecule has 0 aliphatic carbocycles. The molecule has 8 heteroatoms. The molecule has 2 atom stereocenters. The average Bonchev–Trinajstić information content (AvgIpc) is 3.08. The SMILES string of the molecule is CC/C=C/C/C=C/C/C=C/CC(=O)OCC(COCCC(C(=O)[O-])[N+](C)(C)C)OC(=O)CCCCCCCCCCCCCCCCCCCC.